The van der Waals surface area contributed by atoms with Crippen LogP contribution in [0.5, 0.6) is 5.75 Å². The molecule has 0 aromatic carbocycles. The van der Waals surface area contributed by atoms with Crippen molar-refractivity contribution in [1.82, 2.24) is 4.98 Å². The molecule has 1 rings (SSSR count). The van der Waals surface area contributed by atoms with E-state index in [4.69, 9.17) is 4.74 Å². The van der Waals surface area contributed by atoms with Crippen LogP contribution in [0.3, 0.4) is 0 Å². The first-order valence-electron chi connectivity index (χ1n) is 5.11. The van der Waals surface area contributed by atoms with Crippen molar-refractivity contribution in [2.45, 2.75) is 19.9 Å². The van der Waals surface area contributed by atoms with Crippen molar-refractivity contribution < 1.29 is 4.74 Å². The van der Waals surface area contributed by atoms with E-state index in [-0.39, 0.29) is 0 Å². The fraction of sp³-hybridized carbons (Fsp3) is 0.545. The predicted octanol–water partition coefficient (Wildman–Crippen LogP) is 2.64. The van der Waals surface area contributed by atoms with Gasteiger partial charge in [-0.1, -0.05) is 0 Å². The lowest BCUT2D eigenvalue weighted by Gasteiger charge is -2.15. The number of aromatic nitrogens is 1. The zero-order valence-electron chi connectivity index (χ0n) is 9.49. The van der Waals surface area contributed by atoms with Crippen LogP contribution in [-0.2, 0) is 0 Å². The van der Waals surface area contributed by atoms with Crippen molar-refractivity contribution >= 4 is 17.6 Å². The first kappa shape index (κ1) is 12.2. The van der Waals surface area contributed by atoms with Gasteiger partial charge in [-0.2, -0.15) is 11.8 Å². The van der Waals surface area contributed by atoms with Gasteiger partial charge in [-0.15, -0.1) is 0 Å². The van der Waals surface area contributed by atoms with Gasteiger partial charge in [0.05, 0.1) is 6.61 Å². The average Bonchev–Trinajstić information content (AvgIpc) is 2.21. The van der Waals surface area contributed by atoms with Crippen LogP contribution in [-0.4, -0.2) is 29.6 Å². The van der Waals surface area contributed by atoms with Crippen LogP contribution < -0.4 is 10.1 Å². The van der Waals surface area contributed by atoms with E-state index in [1.54, 1.807) is 6.20 Å². The fourth-order valence-electron chi connectivity index (χ4n) is 1.30. The first-order valence-corrected chi connectivity index (χ1v) is 6.50. The molecular weight excluding hydrogens is 208 g/mol. The number of nitrogens with one attached hydrogen (secondary N) is 1. The molecule has 0 saturated carbocycles. The number of thioether (sulfide) groups is 1. The van der Waals surface area contributed by atoms with Crippen molar-refractivity contribution in [2.24, 2.45) is 0 Å². The van der Waals surface area contributed by atoms with Gasteiger partial charge in [-0.25, -0.2) is 4.98 Å². The first-order chi connectivity index (χ1) is 7.27. The molecule has 1 atom stereocenters. The summed E-state index contributed by atoms with van der Waals surface area (Å²) in [6, 6.07) is 4.22. The summed E-state index contributed by atoms with van der Waals surface area (Å²) in [4.78, 5) is 4.27. The summed E-state index contributed by atoms with van der Waals surface area (Å²) in [5.74, 6) is 2.72. The summed E-state index contributed by atoms with van der Waals surface area (Å²) >= 11 is 1.82. The predicted molar refractivity (Wildman–Crippen MR) is 66.9 cm³/mol. The molecule has 1 heterocycles. The highest BCUT2D eigenvalue weighted by atomic mass is 32.2. The highest BCUT2D eigenvalue weighted by molar-refractivity contribution is 7.98. The lowest BCUT2D eigenvalue weighted by atomic mass is 10.3. The largest absolute Gasteiger partial charge is 0.490 e. The third-order valence-electron chi connectivity index (χ3n) is 1.87. The van der Waals surface area contributed by atoms with Crippen LogP contribution in [0.1, 0.15) is 13.8 Å². The molecule has 84 valence electrons. The van der Waals surface area contributed by atoms with Crippen LogP contribution in [0.4, 0.5) is 5.82 Å². The van der Waals surface area contributed by atoms with Crippen LogP contribution in [0, 0.1) is 0 Å². The molecular formula is C11H18N2OS. The van der Waals surface area contributed by atoms with Crippen molar-refractivity contribution in [3.05, 3.63) is 18.3 Å². The second-order valence-corrected chi connectivity index (χ2v) is 4.19. The number of rotatable bonds is 6. The van der Waals surface area contributed by atoms with Crippen molar-refractivity contribution in [1.29, 1.82) is 0 Å². The van der Waals surface area contributed by atoms with Gasteiger partial charge in [0.15, 0.2) is 11.6 Å². The minimum atomic E-state index is 0.397. The maximum absolute atomic E-state index is 5.48. The summed E-state index contributed by atoms with van der Waals surface area (Å²) < 4.78 is 5.48. The number of hydrogen-bond acceptors (Lipinski definition) is 4. The van der Waals surface area contributed by atoms with Crippen LogP contribution in [0.25, 0.3) is 0 Å². The van der Waals surface area contributed by atoms with Gasteiger partial charge < -0.3 is 10.1 Å². The van der Waals surface area contributed by atoms with Gasteiger partial charge in [0, 0.05) is 18.0 Å². The second kappa shape index (κ2) is 6.56. The molecule has 0 saturated heterocycles. The highest BCUT2D eigenvalue weighted by Crippen LogP contribution is 2.21. The van der Waals surface area contributed by atoms with E-state index in [0.29, 0.717) is 12.6 Å². The van der Waals surface area contributed by atoms with Gasteiger partial charge in [-0.05, 0) is 32.2 Å². The molecule has 0 aliphatic heterocycles. The second-order valence-electron chi connectivity index (χ2n) is 3.28. The van der Waals surface area contributed by atoms with E-state index >= 15 is 0 Å². The smallest absolute Gasteiger partial charge is 0.168 e. The fourth-order valence-corrected chi connectivity index (χ4v) is 1.88. The van der Waals surface area contributed by atoms with Crippen molar-refractivity contribution in [3.8, 4) is 5.75 Å². The van der Waals surface area contributed by atoms with Gasteiger partial charge in [0.25, 0.3) is 0 Å². The number of anilines is 1. The Balaban J connectivity index is 2.66. The number of hydrogen-bond donors (Lipinski definition) is 1. The third-order valence-corrected chi connectivity index (χ3v) is 2.70. The molecule has 0 radical (unpaired) electrons. The van der Waals surface area contributed by atoms with E-state index in [0.717, 1.165) is 17.3 Å². The zero-order valence-corrected chi connectivity index (χ0v) is 10.3. The molecule has 0 aliphatic carbocycles. The lowest BCUT2D eigenvalue weighted by Crippen LogP contribution is -2.19. The topological polar surface area (TPSA) is 34.1 Å². The van der Waals surface area contributed by atoms with Gasteiger partial charge in [-0.3, -0.25) is 0 Å². The van der Waals surface area contributed by atoms with Crippen LogP contribution in [0.2, 0.25) is 0 Å². The third kappa shape index (κ3) is 4.00. The molecule has 1 aromatic rings. The highest BCUT2D eigenvalue weighted by Gasteiger charge is 2.07. The molecule has 4 heteroatoms. The quantitative estimate of drug-likeness (QED) is 0.808. The van der Waals surface area contributed by atoms with E-state index in [1.807, 2.05) is 30.8 Å². The van der Waals surface area contributed by atoms with E-state index in [9.17, 15) is 0 Å². The Hall–Kier alpha value is -0.900. The summed E-state index contributed by atoms with van der Waals surface area (Å²) in [7, 11) is 0. The monoisotopic (exact) mass is 226 g/mol. The maximum Gasteiger partial charge on any atom is 0.168 e. The van der Waals surface area contributed by atoms with Crippen LogP contribution >= 0.6 is 11.8 Å². The molecule has 15 heavy (non-hydrogen) atoms. The molecule has 1 aromatic heterocycles. The molecule has 0 bridgehead atoms. The molecule has 0 spiro atoms. The Morgan fingerprint density at radius 1 is 1.60 bits per heavy atom. The molecule has 0 aliphatic rings. The summed E-state index contributed by atoms with van der Waals surface area (Å²) in [5, 5.41) is 3.34. The molecule has 1 unspecified atom stereocenters. The Bertz CT molecular complexity index is 294. The summed E-state index contributed by atoms with van der Waals surface area (Å²) in [6.07, 6.45) is 3.87. The maximum atomic E-state index is 5.48. The molecule has 1 N–H and O–H groups in total. The number of pyridine rings is 1. The van der Waals surface area contributed by atoms with E-state index in [2.05, 4.69) is 23.5 Å². The minimum absolute atomic E-state index is 0.397. The van der Waals surface area contributed by atoms with Gasteiger partial charge in [0.2, 0.25) is 0 Å². The minimum Gasteiger partial charge on any atom is -0.490 e. The number of nitrogens with zero attached hydrogens (tertiary/aromatic N) is 1. The number of ether oxygens (including phenoxy) is 1. The van der Waals surface area contributed by atoms with E-state index < -0.39 is 0 Å². The normalized spacial score (nSPS) is 12.2. The van der Waals surface area contributed by atoms with Crippen molar-refractivity contribution in [2.75, 3.05) is 23.9 Å². The lowest BCUT2D eigenvalue weighted by molar-refractivity contribution is 0.340. The average molecular weight is 226 g/mol. The molecule has 3 nitrogen and oxygen atoms in total. The Morgan fingerprint density at radius 2 is 2.40 bits per heavy atom. The Morgan fingerprint density at radius 3 is 3.07 bits per heavy atom. The van der Waals surface area contributed by atoms with Gasteiger partial charge in [0.1, 0.15) is 0 Å². The SMILES string of the molecule is CCOc1cccnc1NC(C)CSC. The van der Waals surface area contributed by atoms with Crippen LogP contribution in [0.15, 0.2) is 18.3 Å². The molecule has 0 amide bonds. The summed E-state index contributed by atoms with van der Waals surface area (Å²) in [6.45, 7) is 4.78. The zero-order chi connectivity index (χ0) is 11.1. The van der Waals surface area contributed by atoms with Gasteiger partial charge >= 0.3 is 0 Å². The molecule has 0 fully saturated rings. The van der Waals surface area contributed by atoms with E-state index in [1.165, 1.54) is 0 Å². The van der Waals surface area contributed by atoms with Crippen molar-refractivity contribution in [3.63, 3.8) is 0 Å². The standard InChI is InChI=1S/C11H18N2OS/c1-4-14-10-6-5-7-12-11(10)13-9(2)8-15-3/h5-7,9H,4,8H2,1-3H3,(H,12,13). The summed E-state index contributed by atoms with van der Waals surface area (Å²) in [5.41, 5.74) is 0. The Kier molecular flexibility index (Phi) is 5.32. The Labute approximate surface area is 95.6 Å².